The van der Waals surface area contributed by atoms with Crippen LogP contribution in [0.4, 0.5) is 10.5 Å². The highest BCUT2D eigenvalue weighted by molar-refractivity contribution is 6.00. The molecule has 1 fully saturated rings. The molecule has 0 spiro atoms. The number of urea groups is 1. The van der Waals surface area contributed by atoms with Crippen molar-refractivity contribution in [1.29, 1.82) is 0 Å². The van der Waals surface area contributed by atoms with Crippen LogP contribution in [0.1, 0.15) is 66.4 Å². The van der Waals surface area contributed by atoms with E-state index >= 15 is 0 Å². The monoisotopic (exact) mass is 498 g/mol. The fourth-order valence-corrected chi connectivity index (χ4v) is 4.35. The molecule has 0 saturated carbocycles. The van der Waals surface area contributed by atoms with Gasteiger partial charge in [-0.3, -0.25) is 19.2 Å². The second-order valence-corrected chi connectivity index (χ2v) is 9.84. The zero-order valence-electron chi connectivity index (χ0n) is 22.3. The van der Waals surface area contributed by atoms with Crippen LogP contribution in [0.25, 0.3) is 0 Å². The van der Waals surface area contributed by atoms with Crippen molar-refractivity contribution in [2.75, 3.05) is 38.7 Å². The summed E-state index contributed by atoms with van der Waals surface area (Å²) in [4.78, 5) is 41.7. The maximum Gasteiger partial charge on any atom is 0.322 e. The Bertz CT molecular complexity index is 1110. The van der Waals surface area contributed by atoms with Crippen molar-refractivity contribution in [2.24, 2.45) is 13.0 Å². The molecule has 3 rings (SSSR count). The van der Waals surface area contributed by atoms with Crippen LogP contribution in [0.15, 0.2) is 24.4 Å². The van der Waals surface area contributed by atoms with E-state index in [-0.39, 0.29) is 35.7 Å². The number of nitrogens with one attached hydrogen (secondary N) is 2. The molecule has 0 radical (unpaired) electrons. The van der Waals surface area contributed by atoms with E-state index in [9.17, 15) is 14.4 Å². The molecule has 196 valence electrons. The Hall–Kier alpha value is -3.56. The summed E-state index contributed by atoms with van der Waals surface area (Å²) in [6.07, 6.45) is 2.34. The quantitative estimate of drug-likeness (QED) is 0.524. The number of carbonyl (C=O) groups excluding carboxylic acids is 3. The number of amides is 4. The summed E-state index contributed by atoms with van der Waals surface area (Å²) in [6.45, 7) is 9.68. The minimum atomic E-state index is -0.212. The van der Waals surface area contributed by atoms with Crippen molar-refractivity contribution in [3.8, 4) is 5.75 Å². The number of aryl methyl sites for hydroxylation is 1. The lowest BCUT2D eigenvalue weighted by molar-refractivity contribution is 0.0784. The maximum absolute atomic E-state index is 13.2. The molecule has 0 bridgehead atoms. The molecule has 1 aliphatic heterocycles. The number of anilines is 1. The molecule has 2 heterocycles. The number of nitrogens with zero attached hydrogens (tertiary/aromatic N) is 4. The predicted octanol–water partition coefficient (Wildman–Crippen LogP) is 3.00. The van der Waals surface area contributed by atoms with Crippen LogP contribution in [-0.4, -0.2) is 72.4 Å². The van der Waals surface area contributed by atoms with Gasteiger partial charge in [0.25, 0.3) is 11.8 Å². The number of hydrogen-bond donors (Lipinski definition) is 2. The first kappa shape index (κ1) is 27.0. The van der Waals surface area contributed by atoms with Crippen molar-refractivity contribution in [3.05, 3.63) is 41.2 Å². The van der Waals surface area contributed by atoms with Gasteiger partial charge in [-0.05, 0) is 36.5 Å². The standard InChI is InChI=1S/C26H38N6O4/c1-16(2)19-15-28-31(6)23(19)24(33)29-20(17(3)4)10-12-30(5)25(34)18-8-9-22(36-7)21(14-18)32-13-11-27-26(32)35/h8-9,14-17,20H,10-13H2,1-7H3,(H,27,35)(H,29,33). The number of ether oxygens (including phenoxy) is 1. The SMILES string of the molecule is COc1ccc(C(=O)N(C)CCC(NC(=O)c2c(C(C)C)cnn2C)C(C)C)cc1N1CCNC1=O. The van der Waals surface area contributed by atoms with E-state index in [1.165, 1.54) is 7.11 Å². The smallest absolute Gasteiger partial charge is 0.322 e. The average molecular weight is 499 g/mol. The van der Waals surface area contributed by atoms with Gasteiger partial charge in [-0.1, -0.05) is 27.7 Å². The lowest BCUT2D eigenvalue weighted by Crippen LogP contribution is -2.42. The molecule has 1 aromatic carbocycles. The van der Waals surface area contributed by atoms with Crippen molar-refractivity contribution < 1.29 is 19.1 Å². The van der Waals surface area contributed by atoms with Gasteiger partial charge >= 0.3 is 6.03 Å². The summed E-state index contributed by atoms with van der Waals surface area (Å²) in [5, 5.41) is 10.2. The second-order valence-electron chi connectivity index (χ2n) is 9.84. The van der Waals surface area contributed by atoms with Crippen molar-refractivity contribution in [2.45, 2.75) is 46.1 Å². The van der Waals surface area contributed by atoms with E-state index in [4.69, 9.17) is 4.74 Å². The zero-order chi connectivity index (χ0) is 26.6. The zero-order valence-corrected chi connectivity index (χ0v) is 22.3. The molecule has 10 heteroatoms. The number of benzene rings is 1. The molecule has 10 nitrogen and oxygen atoms in total. The molecular weight excluding hydrogens is 460 g/mol. The van der Waals surface area contributed by atoms with Gasteiger partial charge in [0.15, 0.2) is 0 Å². The van der Waals surface area contributed by atoms with Crippen molar-refractivity contribution in [1.82, 2.24) is 25.3 Å². The number of hydrogen-bond acceptors (Lipinski definition) is 5. The molecule has 2 aromatic rings. The highest BCUT2D eigenvalue weighted by atomic mass is 16.5. The van der Waals surface area contributed by atoms with E-state index in [0.29, 0.717) is 48.7 Å². The number of aromatic nitrogens is 2. The van der Waals surface area contributed by atoms with Crippen LogP contribution in [0.5, 0.6) is 5.75 Å². The molecule has 1 unspecified atom stereocenters. The highest BCUT2D eigenvalue weighted by Crippen LogP contribution is 2.31. The summed E-state index contributed by atoms with van der Waals surface area (Å²) in [6, 6.07) is 4.77. The van der Waals surface area contributed by atoms with Gasteiger partial charge in [0.05, 0.1) is 19.0 Å². The number of methoxy groups -OCH3 is 1. The van der Waals surface area contributed by atoms with Gasteiger partial charge in [0.1, 0.15) is 11.4 Å². The summed E-state index contributed by atoms with van der Waals surface area (Å²) in [5.74, 6) is 0.567. The first-order valence-electron chi connectivity index (χ1n) is 12.4. The first-order valence-corrected chi connectivity index (χ1v) is 12.4. The first-order chi connectivity index (χ1) is 17.0. The predicted molar refractivity (Wildman–Crippen MR) is 139 cm³/mol. The number of rotatable bonds is 10. The van der Waals surface area contributed by atoms with Crippen LogP contribution in [-0.2, 0) is 7.05 Å². The van der Waals surface area contributed by atoms with Crippen LogP contribution in [0.2, 0.25) is 0 Å². The van der Waals surface area contributed by atoms with E-state index < -0.39 is 0 Å². The van der Waals surface area contributed by atoms with E-state index in [1.807, 2.05) is 13.8 Å². The Labute approximate surface area is 213 Å². The molecule has 2 N–H and O–H groups in total. The average Bonchev–Trinajstić information content (AvgIpc) is 3.45. The Morgan fingerprint density at radius 2 is 1.97 bits per heavy atom. The van der Waals surface area contributed by atoms with Crippen molar-refractivity contribution in [3.63, 3.8) is 0 Å². The van der Waals surface area contributed by atoms with Gasteiger partial charge in [0, 0.05) is 50.9 Å². The third kappa shape index (κ3) is 5.80. The molecule has 1 saturated heterocycles. The van der Waals surface area contributed by atoms with Gasteiger partial charge < -0.3 is 20.3 Å². The third-order valence-electron chi connectivity index (χ3n) is 6.62. The second kappa shape index (κ2) is 11.5. The lowest BCUT2D eigenvalue weighted by Gasteiger charge is -2.26. The number of carbonyl (C=O) groups is 3. The van der Waals surface area contributed by atoms with Crippen LogP contribution < -0.4 is 20.3 Å². The summed E-state index contributed by atoms with van der Waals surface area (Å²) >= 11 is 0. The van der Waals surface area contributed by atoms with Gasteiger partial charge in [0.2, 0.25) is 0 Å². The van der Waals surface area contributed by atoms with E-state index in [2.05, 4.69) is 29.6 Å². The minimum Gasteiger partial charge on any atom is -0.495 e. The fourth-order valence-electron chi connectivity index (χ4n) is 4.35. The summed E-state index contributed by atoms with van der Waals surface area (Å²) in [5.41, 5.74) is 2.51. The Balaban J connectivity index is 1.69. The van der Waals surface area contributed by atoms with Crippen LogP contribution >= 0.6 is 0 Å². The molecule has 1 aromatic heterocycles. The highest BCUT2D eigenvalue weighted by Gasteiger charge is 2.27. The van der Waals surface area contributed by atoms with Gasteiger partial charge in [-0.15, -0.1) is 0 Å². The van der Waals surface area contributed by atoms with E-state index in [1.54, 1.807) is 53.0 Å². The molecule has 4 amide bonds. The normalized spacial score (nSPS) is 14.2. The minimum absolute atomic E-state index is 0.123. The Morgan fingerprint density at radius 3 is 2.56 bits per heavy atom. The molecule has 36 heavy (non-hydrogen) atoms. The van der Waals surface area contributed by atoms with Crippen LogP contribution in [0.3, 0.4) is 0 Å². The molecular formula is C26H38N6O4. The van der Waals surface area contributed by atoms with Crippen LogP contribution in [0, 0.1) is 5.92 Å². The van der Waals surface area contributed by atoms with E-state index in [0.717, 1.165) is 5.56 Å². The molecule has 0 aliphatic carbocycles. The van der Waals surface area contributed by atoms with Gasteiger partial charge in [-0.2, -0.15) is 5.10 Å². The molecule has 1 aliphatic rings. The Kier molecular flexibility index (Phi) is 8.60. The largest absolute Gasteiger partial charge is 0.495 e. The summed E-state index contributed by atoms with van der Waals surface area (Å²) in [7, 11) is 5.05. The Morgan fingerprint density at radius 1 is 1.25 bits per heavy atom. The summed E-state index contributed by atoms with van der Waals surface area (Å²) < 4.78 is 7.02. The van der Waals surface area contributed by atoms with Crippen molar-refractivity contribution >= 4 is 23.5 Å². The topological polar surface area (TPSA) is 109 Å². The van der Waals surface area contributed by atoms with Gasteiger partial charge in [-0.25, -0.2) is 4.79 Å². The third-order valence-corrected chi connectivity index (χ3v) is 6.62. The molecule has 1 atom stereocenters. The maximum atomic E-state index is 13.2. The fraction of sp³-hybridized carbons (Fsp3) is 0.538. The lowest BCUT2D eigenvalue weighted by atomic mass is 9.99.